The second-order valence-electron chi connectivity index (χ2n) is 5.30. The number of amides is 1. The quantitative estimate of drug-likeness (QED) is 0.887. The molecule has 2 rings (SSSR count). The van der Waals surface area contributed by atoms with Crippen molar-refractivity contribution in [3.8, 4) is 5.69 Å². The predicted octanol–water partition coefficient (Wildman–Crippen LogP) is 2.56. The molecule has 5 heteroatoms. The number of carbonyl (C=O) groups is 1. The first kappa shape index (κ1) is 15.3. The van der Waals surface area contributed by atoms with Crippen molar-refractivity contribution in [3.05, 3.63) is 41.6 Å². The van der Waals surface area contributed by atoms with Gasteiger partial charge in [-0.2, -0.15) is 0 Å². The van der Waals surface area contributed by atoms with Gasteiger partial charge in [0.2, 0.25) is 5.91 Å². The highest BCUT2D eigenvalue weighted by Gasteiger charge is 2.14. The number of aromatic nitrogens is 2. The highest BCUT2D eigenvalue weighted by molar-refractivity contribution is 5.93. The second-order valence-corrected chi connectivity index (χ2v) is 5.30. The fraction of sp³-hybridized carbons (Fsp3) is 0.375. The summed E-state index contributed by atoms with van der Waals surface area (Å²) in [5, 5.41) is 7.19. The SMILES string of the molecule is CCCC(N)C(=O)Nc1cc(C)n(-c2ccc(C)cc2)n1. The van der Waals surface area contributed by atoms with Crippen molar-refractivity contribution in [1.29, 1.82) is 0 Å². The first-order chi connectivity index (χ1) is 10.0. The highest BCUT2D eigenvalue weighted by Crippen LogP contribution is 2.16. The number of rotatable bonds is 5. The maximum Gasteiger partial charge on any atom is 0.242 e. The zero-order chi connectivity index (χ0) is 15.4. The summed E-state index contributed by atoms with van der Waals surface area (Å²) in [6, 6.07) is 9.43. The van der Waals surface area contributed by atoms with E-state index in [1.54, 1.807) is 4.68 Å². The third-order valence-corrected chi connectivity index (χ3v) is 3.35. The fourth-order valence-corrected chi connectivity index (χ4v) is 2.14. The van der Waals surface area contributed by atoms with Crippen LogP contribution in [0.3, 0.4) is 0 Å². The van der Waals surface area contributed by atoms with E-state index in [1.807, 2.05) is 51.1 Å². The Labute approximate surface area is 125 Å². The highest BCUT2D eigenvalue weighted by atomic mass is 16.2. The number of aryl methyl sites for hydroxylation is 2. The third kappa shape index (κ3) is 3.70. The number of carbonyl (C=O) groups excluding carboxylic acids is 1. The number of nitrogens with two attached hydrogens (primary N) is 1. The molecule has 1 atom stereocenters. The molecule has 1 unspecified atom stereocenters. The minimum absolute atomic E-state index is 0.189. The Morgan fingerprint density at radius 3 is 2.62 bits per heavy atom. The van der Waals surface area contributed by atoms with Crippen LogP contribution < -0.4 is 11.1 Å². The summed E-state index contributed by atoms with van der Waals surface area (Å²) in [4.78, 5) is 11.9. The van der Waals surface area contributed by atoms with Crippen LogP contribution in [0.25, 0.3) is 5.69 Å². The number of nitrogens with one attached hydrogen (secondary N) is 1. The van der Waals surface area contributed by atoms with E-state index in [0.29, 0.717) is 12.2 Å². The molecular weight excluding hydrogens is 264 g/mol. The van der Waals surface area contributed by atoms with Crippen molar-refractivity contribution in [1.82, 2.24) is 9.78 Å². The smallest absolute Gasteiger partial charge is 0.242 e. The van der Waals surface area contributed by atoms with Gasteiger partial charge in [-0.15, -0.1) is 5.10 Å². The van der Waals surface area contributed by atoms with Gasteiger partial charge in [-0.1, -0.05) is 31.0 Å². The van der Waals surface area contributed by atoms with Crippen LogP contribution in [-0.4, -0.2) is 21.7 Å². The van der Waals surface area contributed by atoms with Crippen LogP contribution in [0.1, 0.15) is 31.0 Å². The van der Waals surface area contributed by atoms with Crippen LogP contribution in [-0.2, 0) is 4.79 Å². The van der Waals surface area contributed by atoms with Crippen molar-refractivity contribution >= 4 is 11.7 Å². The summed E-state index contributed by atoms with van der Waals surface area (Å²) in [5.74, 6) is 0.343. The molecule has 0 saturated heterocycles. The Kier molecular flexibility index (Phi) is 4.75. The van der Waals surface area contributed by atoms with Gasteiger partial charge in [-0.05, 0) is 32.4 Å². The molecule has 1 aromatic heterocycles. The first-order valence-corrected chi connectivity index (χ1v) is 7.21. The van der Waals surface area contributed by atoms with Crippen LogP contribution in [0, 0.1) is 13.8 Å². The summed E-state index contributed by atoms with van der Waals surface area (Å²) in [5.41, 5.74) is 8.92. The average molecular weight is 286 g/mol. The molecule has 0 saturated carbocycles. The van der Waals surface area contributed by atoms with E-state index >= 15 is 0 Å². The summed E-state index contributed by atoms with van der Waals surface area (Å²) in [7, 11) is 0. The molecule has 0 aliphatic heterocycles. The molecule has 0 aliphatic rings. The summed E-state index contributed by atoms with van der Waals surface area (Å²) in [6.07, 6.45) is 1.55. The lowest BCUT2D eigenvalue weighted by Gasteiger charge is -2.09. The molecule has 1 amide bonds. The minimum atomic E-state index is -0.486. The molecule has 5 nitrogen and oxygen atoms in total. The zero-order valence-electron chi connectivity index (χ0n) is 12.8. The van der Waals surface area contributed by atoms with Gasteiger partial charge in [0.05, 0.1) is 11.7 Å². The van der Waals surface area contributed by atoms with Crippen LogP contribution in [0.2, 0.25) is 0 Å². The van der Waals surface area contributed by atoms with Gasteiger partial charge >= 0.3 is 0 Å². The molecule has 1 aromatic carbocycles. The van der Waals surface area contributed by atoms with Gasteiger partial charge < -0.3 is 11.1 Å². The molecular formula is C16H22N4O. The molecule has 1 heterocycles. The molecule has 2 aromatic rings. The number of benzene rings is 1. The van der Waals surface area contributed by atoms with E-state index in [1.165, 1.54) is 5.56 Å². The number of nitrogens with zero attached hydrogens (tertiary/aromatic N) is 2. The monoisotopic (exact) mass is 286 g/mol. The van der Waals surface area contributed by atoms with Gasteiger partial charge in [0, 0.05) is 11.8 Å². The lowest BCUT2D eigenvalue weighted by Crippen LogP contribution is -2.35. The molecule has 0 fully saturated rings. The van der Waals surface area contributed by atoms with Gasteiger partial charge in [0.25, 0.3) is 0 Å². The molecule has 0 aliphatic carbocycles. The van der Waals surface area contributed by atoms with E-state index in [-0.39, 0.29) is 5.91 Å². The number of hydrogen-bond acceptors (Lipinski definition) is 3. The topological polar surface area (TPSA) is 72.9 Å². The van der Waals surface area contributed by atoms with Crippen molar-refractivity contribution in [3.63, 3.8) is 0 Å². The van der Waals surface area contributed by atoms with E-state index in [4.69, 9.17) is 5.73 Å². The Bertz CT molecular complexity index is 616. The van der Waals surface area contributed by atoms with Crippen molar-refractivity contribution < 1.29 is 4.79 Å². The summed E-state index contributed by atoms with van der Waals surface area (Å²) < 4.78 is 1.81. The Morgan fingerprint density at radius 2 is 2.00 bits per heavy atom. The lowest BCUT2D eigenvalue weighted by atomic mass is 10.2. The van der Waals surface area contributed by atoms with E-state index in [0.717, 1.165) is 17.8 Å². The zero-order valence-corrected chi connectivity index (χ0v) is 12.8. The maximum absolute atomic E-state index is 11.9. The van der Waals surface area contributed by atoms with E-state index in [9.17, 15) is 4.79 Å². The van der Waals surface area contributed by atoms with Gasteiger partial charge in [-0.25, -0.2) is 4.68 Å². The van der Waals surface area contributed by atoms with Crippen LogP contribution in [0.4, 0.5) is 5.82 Å². The van der Waals surface area contributed by atoms with Gasteiger partial charge in [-0.3, -0.25) is 4.79 Å². The fourth-order valence-electron chi connectivity index (χ4n) is 2.14. The second kappa shape index (κ2) is 6.54. The molecule has 3 N–H and O–H groups in total. The van der Waals surface area contributed by atoms with Crippen LogP contribution in [0.15, 0.2) is 30.3 Å². The van der Waals surface area contributed by atoms with Crippen molar-refractivity contribution in [2.24, 2.45) is 5.73 Å². The first-order valence-electron chi connectivity index (χ1n) is 7.21. The van der Waals surface area contributed by atoms with E-state index < -0.39 is 6.04 Å². The van der Waals surface area contributed by atoms with Crippen LogP contribution >= 0.6 is 0 Å². The molecule has 0 spiro atoms. The lowest BCUT2D eigenvalue weighted by molar-refractivity contribution is -0.117. The predicted molar refractivity (Wildman–Crippen MR) is 84.6 cm³/mol. The standard InChI is InChI=1S/C16H22N4O/c1-4-5-14(17)16(21)18-15-10-12(3)20(19-15)13-8-6-11(2)7-9-13/h6-10,14H,4-5,17H2,1-3H3,(H,18,19,21). The van der Waals surface area contributed by atoms with Crippen molar-refractivity contribution in [2.45, 2.75) is 39.7 Å². The average Bonchev–Trinajstić information content (AvgIpc) is 2.80. The minimum Gasteiger partial charge on any atom is -0.320 e. The Hall–Kier alpha value is -2.14. The van der Waals surface area contributed by atoms with Gasteiger partial charge in [0.1, 0.15) is 0 Å². The maximum atomic E-state index is 11.9. The number of anilines is 1. The number of hydrogen-bond donors (Lipinski definition) is 2. The van der Waals surface area contributed by atoms with Gasteiger partial charge in [0.15, 0.2) is 5.82 Å². The normalized spacial score (nSPS) is 12.2. The summed E-state index contributed by atoms with van der Waals surface area (Å²) in [6.45, 7) is 6.00. The van der Waals surface area contributed by atoms with Crippen LogP contribution in [0.5, 0.6) is 0 Å². The Morgan fingerprint density at radius 1 is 1.33 bits per heavy atom. The largest absolute Gasteiger partial charge is 0.320 e. The third-order valence-electron chi connectivity index (χ3n) is 3.35. The molecule has 112 valence electrons. The molecule has 0 radical (unpaired) electrons. The van der Waals surface area contributed by atoms with E-state index in [2.05, 4.69) is 10.4 Å². The molecule has 21 heavy (non-hydrogen) atoms. The Balaban J connectivity index is 2.16. The van der Waals surface area contributed by atoms with Crippen molar-refractivity contribution in [2.75, 3.05) is 5.32 Å². The summed E-state index contributed by atoms with van der Waals surface area (Å²) >= 11 is 0. The molecule has 0 bridgehead atoms.